The van der Waals surface area contributed by atoms with Gasteiger partial charge in [-0.15, -0.1) is 0 Å². The Hall–Kier alpha value is -0.180. The van der Waals surface area contributed by atoms with Crippen molar-refractivity contribution in [1.29, 1.82) is 0 Å². The molecule has 23 heavy (non-hydrogen) atoms. The van der Waals surface area contributed by atoms with E-state index in [1.807, 2.05) is 0 Å². The summed E-state index contributed by atoms with van der Waals surface area (Å²) in [5, 5.41) is 0. The summed E-state index contributed by atoms with van der Waals surface area (Å²) in [5.74, 6) is 1.97. The van der Waals surface area contributed by atoms with Gasteiger partial charge in [0.1, 0.15) is 12.3 Å². The summed E-state index contributed by atoms with van der Waals surface area (Å²) in [6.07, 6.45) is 10.1. The minimum atomic E-state index is -0.620. The highest BCUT2D eigenvalue weighted by Gasteiger charge is 2.40. The first-order valence-electron chi connectivity index (χ1n) is 10.1. The summed E-state index contributed by atoms with van der Waals surface area (Å²) in [6, 6.07) is 0. The van der Waals surface area contributed by atoms with E-state index >= 15 is 0 Å². The molecule has 0 aromatic rings. The molecule has 0 amide bonds. The number of hydrogen-bond donors (Lipinski definition) is 0. The molecule has 0 aromatic heterocycles. The van der Waals surface area contributed by atoms with Crippen molar-refractivity contribution in [3.05, 3.63) is 0 Å². The van der Waals surface area contributed by atoms with E-state index in [4.69, 9.17) is 4.74 Å². The monoisotopic (exact) mass is 328 g/mol. The molecule has 0 spiro atoms. The maximum Gasteiger partial charge on any atom is 0.103 e. The summed E-state index contributed by atoms with van der Waals surface area (Å²) < 4.78 is 33.9. The summed E-state index contributed by atoms with van der Waals surface area (Å²) in [7, 11) is 0. The molecule has 3 fully saturated rings. The topological polar surface area (TPSA) is 9.23 Å². The second-order valence-electron chi connectivity index (χ2n) is 8.26. The zero-order valence-corrected chi connectivity index (χ0v) is 14.7. The third-order valence-corrected chi connectivity index (χ3v) is 6.96. The lowest BCUT2D eigenvalue weighted by atomic mass is 9.65. The fraction of sp³-hybridized carbons (Fsp3) is 1.00. The van der Waals surface area contributed by atoms with Crippen molar-refractivity contribution in [2.75, 3.05) is 6.61 Å². The average molecular weight is 328 g/mol. The fourth-order valence-corrected chi connectivity index (χ4v) is 5.60. The maximum atomic E-state index is 14.9. The highest BCUT2D eigenvalue weighted by atomic mass is 19.1. The van der Waals surface area contributed by atoms with Crippen molar-refractivity contribution in [2.24, 2.45) is 23.7 Å². The lowest BCUT2D eigenvalue weighted by Crippen LogP contribution is -2.37. The van der Waals surface area contributed by atoms with Gasteiger partial charge in [0, 0.05) is 6.61 Å². The minimum Gasteiger partial charge on any atom is -0.379 e. The molecule has 0 bridgehead atoms. The lowest BCUT2D eigenvalue weighted by Gasteiger charge is -2.42. The van der Waals surface area contributed by atoms with Gasteiger partial charge in [-0.05, 0) is 101 Å². The van der Waals surface area contributed by atoms with Gasteiger partial charge in [0.05, 0.1) is 6.10 Å². The molecule has 3 unspecified atom stereocenters. The first kappa shape index (κ1) is 17.6. The van der Waals surface area contributed by atoms with Crippen LogP contribution in [0.5, 0.6) is 0 Å². The van der Waals surface area contributed by atoms with Crippen LogP contribution in [0.2, 0.25) is 0 Å². The Balaban J connectivity index is 1.45. The molecule has 3 aliphatic rings. The van der Waals surface area contributed by atoms with Crippen LogP contribution in [0.25, 0.3) is 0 Å². The molecule has 0 saturated heterocycles. The van der Waals surface area contributed by atoms with Crippen LogP contribution in [0.15, 0.2) is 0 Å². The van der Waals surface area contributed by atoms with Gasteiger partial charge in [-0.2, -0.15) is 0 Å². The second-order valence-corrected chi connectivity index (χ2v) is 8.26. The molecule has 0 aliphatic heterocycles. The maximum absolute atomic E-state index is 14.9. The lowest BCUT2D eigenvalue weighted by molar-refractivity contribution is -0.00753. The van der Waals surface area contributed by atoms with Crippen LogP contribution in [0, 0.1) is 23.7 Å². The molecule has 0 heterocycles. The molecule has 3 atom stereocenters. The van der Waals surface area contributed by atoms with E-state index in [9.17, 15) is 8.78 Å². The van der Waals surface area contributed by atoms with Crippen molar-refractivity contribution in [3.63, 3.8) is 0 Å². The molecular weight excluding hydrogens is 294 g/mol. The Morgan fingerprint density at radius 2 is 1.35 bits per heavy atom. The molecule has 0 aromatic carbocycles. The quantitative estimate of drug-likeness (QED) is 0.627. The number of hydrogen-bond acceptors (Lipinski definition) is 1. The smallest absolute Gasteiger partial charge is 0.103 e. The molecule has 3 saturated carbocycles. The van der Waals surface area contributed by atoms with E-state index in [0.717, 1.165) is 58.0 Å². The standard InChI is InChI=1S/C20H34F2O/c1-2-23-18-10-5-15(6-11-18)19-12-7-16(13-20(19)22)14-3-8-17(21)9-4-14/h14-20H,2-13H2,1H3. The largest absolute Gasteiger partial charge is 0.379 e. The van der Waals surface area contributed by atoms with E-state index in [1.54, 1.807) is 0 Å². The van der Waals surface area contributed by atoms with Crippen molar-refractivity contribution in [1.82, 2.24) is 0 Å². The second kappa shape index (κ2) is 8.27. The Morgan fingerprint density at radius 3 is 1.96 bits per heavy atom. The van der Waals surface area contributed by atoms with Gasteiger partial charge in [-0.25, -0.2) is 8.78 Å². The van der Waals surface area contributed by atoms with Crippen molar-refractivity contribution >= 4 is 0 Å². The molecule has 0 radical (unpaired) electrons. The Morgan fingerprint density at radius 1 is 0.739 bits per heavy atom. The number of halogens is 2. The zero-order valence-electron chi connectivity index (χ0n) is 14.7. The van der Waals surface area contributed by atoms with E-state index in [1.165, 1.54) is 6.42 Å². The normalized spacial score (nSPS) is 45.8. The molecule has 134 valence electrons. The van der Waals surface area contributed by atoms with Gasteiger partial charge < -0.3 is 4.74 Å². The van der Waals surface area contributed by atoms with Crippen LogP contribution < -0.4 is 0 Å². The van der Waals surface area contributed by atoms with Crippen molar-refractivity contribution in [2.45, 2.75) is 96.0 Å². The van der Waals surface area contributed by atoms with Crippen LogP contribution in [-0.2, 0) is 4.74 Å². The molecule has 3 aliphatic carbocycles. The highest BCUT2D eigenvalue weighted by Crippen LogP contribution is 2.46. The molecule has 3 rings (SSSR count). The Bertz CT molecular complexity index is 346. The summed E-state index contributed by atoms with van der Waals surface area (Å²) >= 11 is 0. The number of alkyl halides is 2. The molecule has 3 heteroatoms. The molecule has 1 nitrogen and oxygen atoms in total. The van der Waals surface area contributed by atoms with Crippen LogP contribution in [0.1, 0.15) is 77.6 Å². The van der Waals surface area contributed by atoms with Gasteiger partial charge in [0.15, 0.2) is 0 Å². The van der Waals surface area contributed by atoms with Gasteiger partial charge in [0.25, 0.3) is 0 Å². The van der Waals surface area contributed by atoms with Crippen molar-refractivity contribution < 1.29 is 13.5 Å². The Labute approximate surface area is 140 Å². The van der Waals surface area contributed by atoms with Crippen LogP contribution in [-0.4, -0.2) is 25.1 Å². The van der Waals surface area contributed by atoms with Gasteiger partial charge in [-0.1, -0.05) is 0 Å². The van der Waals surface area contributed by atoms with Crippen LogP contribution in [0.3, 0.4) is 0 Å². The van der Waals surface area contributed by atoms with E-state index in [-0.39, 0.29) is 5.92 Å². The third kappa shape index (κ3) is 4.46. The van der Waals surface area contributed by atoms with Gasteiger partial charge in [-0.3, -0.25) is 0 Å². The van der Waals surface area contributed by atoms with Gasteiger partial charge >= 0.3 is 0 Å². The summed E-state index contributed by atoms with van der Waals surface area (Å²) in [4.78, 5) is 0. The molecular formula is C20H34F2O. The van der Waals surface area contributed by atoms with E-state index in [2.05, 4.69) is 6.92 Å². The van der Waals surface area contributed by atoms with Crippen molar-refractivity contribution in [3.8, 4) is 0 Å². The van der Waals surface area contributed by atoms with Crippen LogP contribution >= 0.6 is 0 Å². The predicted molar refractivity (Wildman–Crippen MR) is 90.0 cm³/mol. The average Bonchev–Trinajstić information content (AvgIpc) is 2.57. The molecule has 0 N–H and O–H groups in total. The van der Waals surface area contributed by atoms with E-state index in [0.29, 0.717) is 36.7 Å². The highest BCUT2D eigenvalue weighted by molar-refractivity contribution is 4.90. The minimum absolute atomic E-state index is 0.284. The third-order valence-electron chi connectivity index (χ3n) is 6.96. The van der Waals surface area contributed by atoms with E-state index < -0.39 is 12.3 Å². The number of ether oxygens (including phenoxy) is 1. The number of rotatable bonds is 4. The SMILES string of the molecule is CCOC1CCC(C2CCC(C3CCC(F)CC3)CC2F)CC1. The Kier molecular flexibility index (Phi) is 6.34. The van der Waals surface area contributed by atoms with Crippen LogP contribution in [0.4, 0.5) is 8.78 Å². The summed E-state index contributed by atoms with van der Waals surface area (Å²) in [6.45, 7) is 2.86. The van der Waals surface area contributed by atoms with Gasteiger partial charge in [0.2, 0.25) is 0 Å². The predicted octanol–water partition coefficient (Wildman–Crippen LogP) is 5.86. The zero-order chi connectivity index (χ0) is 16.2. The fourth-order valence-electron chi connectivity index (χ4n) is 5.60. The summed E-state index contributed by atoms with van der Waals surface area (Å²) in [5.41, 5.74) is 0. The first-order chi connectivity index (χ1) is 11.2. The first-order valence-corrected chi connectivity index (χ1v) is 10.1.